The third-order valence-electron chi connectivity index (χ3n) is 3.39. The average molecular weight is 294 g/mol. The Hall–Kier alpha value is -1.97. The Balaban J connectivity index is 1.83. The second-order valence-corrected chi connectivity index (χ2v) is 6.32. The Kier molecular flexibility index (Phi) is 4.43. The summed E-state index contributed by atoms with van der Waals surface area (Å²) in [6, 6.07) is 21.3. The Morgan fingerprint density at radius 2 is 1.52 bits per heavy atom. The number of nitrogens with one attached hydrogen (secondary N) is 1. The molecule has 0 unspecified atom stereocenters. The molecule has 0 atom stereocenters. The predicted molar refractivity (Wildman–Crippen MR) is 88.4 cm³/mol. The highest BCUT2D eigenvalue weighted by Crippen LogP contribution is 2.22. The fourth-order valence-electron chi connectivity index (χ4n) is 2.39. The van der Waals surface area contributed by atoms with Crippen molar-refractivity contribution in [3.8, 4) is 0 Å². The van der Waals surface area contributed by atoms with Crippen molar-refractivity contribution < 1.29 is 0 Å². The lowest BCUT2D eigenvalue weighted by Crippen LogP contribution is -2.21. The molecule has 1 N–H and O–H groups in total. The van der Waals surface area contributed by atoms with Gasteiger partial charge in [0.1, 0.15) is 5.01 Å². The maximum Gasteiger partial charge on any atom is 0.107 e. The first-order valence-electron chi connectivity index (χ1n) is 7.07. The zero-order valence-corrected chi connectivity index (χ0v) is 12.8. The van der Waals surface area contributed by atoms with Crippen LogP contribution in [0.25, 0.3) is 0 Å². The highest BCUT2D eigenvalue weighted by Gasteiger charge is 2.13. The van der Waals surface area contributed by atoms with E-state index in [1.165, 1.54) is 16.0 Å². The first-order chi connectivity index (χ1) is 10.3. The summed E-state index contributed by atoms with van der Waals surface area (Å²) in [5, 5.41) is 4.76. The molecule has 3 rings (SSSR count). The van der Waals surface area contributed by atoms with Crippen molar-refractivity contribution in [2.24, 2.45) is 0 Å². The molecular weight excluding hydrogens is 276 g/mol. The summed E-state index contributed by atoms with van der Waals surface area (Å²) in [6.45, 7) is 2.88. The standard InChI is InChI=1S/C18H18N2S/c1-14-12-19-17(21-14)13-20-18(15-8-4-2-5-9-15)16-10-6-3-7-11-16/h2-12,18,20H,13H2,1H3. The molecule has 2 nitrogen and oxygen atoms in total. The number of thiazole rings is 1. The van der Waals surface area contributed by atoms with Gasteiger partial charge in [0.25, 0.3) is 0 Å². The van der Waals surface area contributed by atoms with Gasteiger partial charge in [-0.2, -0.15) is 0 Å². The topological polar surface area (TPSA) is 24.9 Å². The lowest BCUT2D eigenvalue weighted by atomic mass is 9.99. The first kappa shape index (κ1) is 14.0. The van der Waals surface area contributed by atoms with E-state index < -0.39 is 0 Å². The maximum atomic E-state index is 4.43. The zero-order valence-electron chi connectivity index (χ0n) is 12.0. The van der Waals surface area contributed by atoms with Gasteiger partial charge in [-0.25, -0.2) is 4.98 Å². The summed E-state index contributed by atoms with van der Waals surface area (Å²) in [5.74, 6) is 0. The molecule has 3 aromatic rings. The summed E-state index contributed by atoms with van der Waals surface area (Å²) in [5.41, 5.74) is 2.55. The first-order valence-corrected chi connectivity index (χ1v) is 7.89. The quantitative estimate of drug-likeness (QED) is 0.757. The number of benzene rings is 2. The molecule has 0 spiro atoms. The van der Waals surface area contributed by atoms with E-state index in [4.69, 9.17) is 0 Å². The third-order valence-corrected chi connectivity index (χ3v) is 4.31. The molecule has 2 aromatic carbocycles. The van der Waals surface area contributed by atoms with Crippen molar-refractivity contribution in [3.05, 3.63) is 87.9 Å². The van der Waals surface area contributed by atoms with Crippen LogP contribution in [0.1, 0.15) is 27.1 Å². The summed E-state index contributed by atoms with van der Waals surface area (Å²) in [4.78, 5) is 5.68. The van der Waals surface area contributed by atoms with Gasteiger partial charge < -0.3 is 0 Å². The van der Waals surface area contributed by atoms with Gasteiger partial charge in [-0.05, 0) is 18.1 Å². The van der Waals surface area contributed by atoms with Gasteiger partial charge in [0.2, 0.25) is 0 Å². The van der Waals surface area contributed by atoms with Gasteiger partial charge in [0, 0.05) is 17.6 Å². The van der Waals surface area contributed by atoms with E-state index in [9.17, 15) is 0 Å². The molecule has 0 radical (unpaired) electrons. The molecule has 0 aliphatic carbocycles. The number of hydrogen-bond donors (Lipinski definition) is 1. The number of hydrogen-bond acceptors (Lipinski definition) is 3. The van der Waals surface area contributed by atoms with Crippen molar-refractivity contribution in [1.29, 1.82) is 0 Å². The Morgan fingerprint density at radius 3 is 2.00 bits per heavy atom. The molecule has 3 heteroatoms. The van der Waals surface area contributed by atoms with Gasteiger partial charge in [-0.15, -0.1) is 11.3 Å². The molecule has 0 aliphatic heterocycles. The molecule has 0 amide bonds. The van der Waals surface area contributed by atoms with Gasteiger partial charge in [0.05, 0.1) is 6.04 Å². The van der Waals surface area contributed by atoms with Crippen LogP contribution in [0.2, 0.25) is 0 Å². The summed E-state index contributed by atoms with van der Waals surface area (Å²) in [6.07, 6.45) is 1.93. The van der Waals surface area contributed by atoms with Crippen molar-refractivity contribution in [2.75, 3.05) is 0 Å². The molecule has 0 aliphatic rings. The van der Waals surface area contributed by atoms with Crippen molar-refractivity contribution in [2.45, 2.75) is 19.5 Å². The maximum absolute atomic E-state index is 4.43. The summed E-state index contributed by atoms with van der Waals surface area (Å²) >= 11 is 1.75. The molecule has 1 aromatic heterocycles. The Labute approximate surface area is 129 Å². The molecule has 106 valence electrons. The second kappa shape index (κ2) is 6.66. The third kappa shape index (κ3) is 3.57. The van der Waals surface area contributed by atoms with E-state index in [-0.39, 0.29) is 6.04 Å². The van der Waals surface area contributed by atoms with E-state index in [0.717, 1.165) is 11.6 Å². The van der Waals surface area contributed by atoms with Crippen LogP contribution in [0.5, 0.6) is 0 Å². The van der Waals surface area contributed by atoms with E-state index in [2.05, 4.69) is 77.9 Å². The molecular formula is C18H18N2S. The van der Waals surface area contributed by atoms with Crippen LogP contribution in [0.15, 0.2) is 66.9 Å². The van der Waals surface area contributed by atoms with Crippen molar-refractivity contribution in [1.82, 2.24) is 10.3 Å². The average Bonchev–Trinajstić information content (AvgIpc) is 2.95. The van der Waals surface area contributed by atoms with Crippen LogP contribution in [0.4, 0.5) is 0 Å². The molecule has 0 fully saturated rings. The SMILES string of the molecule is Cc1cnc(CNC(c2ccccc2)c2ccccc2)s1. The molecule has 0 saturated heterocycles. The smallest absolute Gasteiger partial charge is 0.107 e. The predicted octanol–water partition coefficient (Wildman–Crippen LogP) is 4.33. The minimum absolute atomic E-state index is 0.191. The van der Waals surface area contributed by atoms with Gasteiger partial charge in [-0.1, -0.05) is 60.7 Å². The van der Waals surface area contributed by atoms with E-state index in [1.807, 2.05) is 6.20 Å². The zero-order chi connectivity index (χ0) is 14.5. The van der Waals surface area contributed by atoms with Crippen LogP contribution in [0.3, 0.4) is 0 Å². The van der Waals surface area contributed by atoms with Crippen LogP contribution in [0, 0.1) is 6.92 Å². The molecule has 0 bridgehead atoms. The number of rotatable bonds is 5. The normalized spacial score (nSPS) is 11.0. The summed E-state index contributed by atoms with van der Waals surface area (Å²) in [7, 11) is 0. The fourth-order valence-corrected chi connectivity index (χ4v) is 3.13. The Morgan fingerprint density at radius 1 is 0.952 bits per heavy atom. The van der Waals surface area contributed by atoms with Crippen LogP contribution < -0.4 is 5.32 Å². The minimum atomic E-state index is 0.191. The lowest BCUT2D eigenvalue weighted by Gasteiger charge is -2.19. The largest absolute Gasteiger partial charge is 0.300 e. The fraction of sp³-hybridized carbons (Fsp3) is 0.167. The van der Waals surface area contributed by atoms with E-state index in [1.54, 1.807) is 11.3 Å². The number of aromatic nitrogens is 1. The van der Waals surface area contributed by atoms with Gasteiger partial charge in [-0.3, -0.25) is 5.32 Å². The molecule has 1 heterocycles. The monoisotopic (exact) mass is 294 g/mol. The van der Waals surface area contributed by atoms with E-state index >= 15 is 0 Å². The van der Waals surface area contributed by atoms with Crippen LogP contribution in [-0.4, -0.2) is 4.98 Å². The highest BCUT2D eigenvalue weighted by atomic mass is 32.1. The highest BCUT2D eigenvalue weighted by molar-refractivity contribution is 7.11. The van der Waals surface area contributed by atoms with Gasteiger partial charge >= 0.3 is 0 Å². The van der Waals surface area contributed by atoms with Crippen LogP contribution >= 0.6 is 11.3 Å². The summed E-state index contributed by atoms with van der Waals surface area (Å²) < 4.78 is 0. The minimum Gasteiger partial charge on any atom is -0.300 e. The van der Waals surface area contributed by atoms with Crippen LogP contribution in [-0.2, 0) is 6.54 Å². The second-order valence-electron chi connectivity index (χ2n) is 5.00. The Bertz CT molecular complexity index is 637. The van der Waals surface area contributed by atoms with Gasteiger partial charge in [0.15, 0.2) is 0 Å². The number of aryl methyl sites for hydroxylation is 1. The van der Waals surface area contributed by atoms with E-state index in [0.29, 0.717) is 0 Å². The van der Waals surface area contributed by atoms with Crippen molar-refractivity contribution >= 4 is 11.3 Å². The molecule has 0 saturated carbocycles. The van der Waals surface area contributed by atoms with Crippen molar-refractivity contribution in [3.63, 3.8) is 0 Å². The number of nitrogens with zero attached hydrogens (tertiary/aromatic N) is 1. The lowest BCUT2D eigenvalue weighted by molar-refractivity contribution is 0.603. The molecule has 21 heavy (non-hydrogen) atoms.